The van der Waals surface area contributed by atoms with E-state index in [1.165, 1.54) is 6.20 Å². The molecule has 3 rings (SSSR count). The van der Waals surface area contributed by atoms with Gasteiger partial charge in [0, 0.05) is 17.7 Å². The largest absolute Gasteiger partial charge is 0.423 e. The number of nitrogens with zero attached hydrogens (tertiary/aromatic N) is 2. The minimum atomic E-state index is -4.14. The van der Waals surface area contributed by atoms with Gasteiger partial charge in [-0.1, -0.05) is 44.2 Å². The Hall–Kier alpha value is -3.20. The molecule has 0 aromatic heterocycles. The number of ether oxygens (including phenoxy) is 1. The van der Waals surface area contributed by atoms with Crippen LogP contribution in [0.15, 0.2) is 65.7 Å². The normalized spacial score (nSPS) is 17.1. The first-order valence-electron chi connectivity index (χ1n) is 8.97. The smallest absolute Gasteiger partial charge is 0.335 e. The van der Waals surface area contributed by atoms with Crippen LogP contribution in [-0.4, -0.2) is 29.7 Å². The van der Waals surface area contributed by atoms with E-state index in [0.29, 0.717) is 5.56 Å². The fourth-order valence-corrected chi connectivity index (χ4v) is 4.46. The van der Waals surface area contributed by atoms with Crippen LogP contribution in [0.2, 0.25) is 0 Å². The molecule has 8 nitrogen and oxygen atoms in total. The lowest BCUT2D eigenvalue weighted by Gasteiger charge is -2.33. The topological polar surface area (TPSA) is 107 Å². The van der Waals surface area contributed by atoms with Crippen molar-refractivity contribution in [2.45, 2.75) is 31.2 Å². The Labute approximate surface area is 168 Å². The number of nitro groups is 1. The first-order valence-corrected chi connectivity index (χ1v) is 10.4. The second-order valence-corrected chi connectivity index (χ2v) is 8.85. The molecule has 0 saturated carbocycles. The van der Waals surface area contributed by atoms with E-state index in [9.17, 15) is 23.3 Å². The van der Waals surface area contributed by atoms with Crippen LogP contribution in [0.4, 0.5) is 5.69 Å². The summed E-state index contributed by atoms with van der Waals surface area (Å²) >= 11 is 0. The number of hydrogen-bond donors (Lipinski definition) is 0. The summed E-state index contributed by atoms with van der Waals surface area (Å²) in [4.78, 5) is 22.8. The molecule has 9 heteroatoms. The van der Waals surface area contributed by atoms with Gasteiger partial charge in [-0.15, -0.1) is 0 Å². The van der Waals surface area contributed by atoms with E-state index in [-0.39, 0.29) is 28.7 Å². The van der Waals surface area contributed by atoms with Gasteiger partial charge in [0.15, 0.2) is 5.76 Å². The zero-order valence-electron chi connectivity index (χ0n) is 15.9. The third-order valence-electron chi connectivity index (χ3n) is 4.41. The molecule has 0 spiro atoms. The lowest BCUT2D eigenvalue weighted by Crippen LogP contribution is -2.46. The molecular formula is C20H20N2O6S. The molecule has 0 radical (unpaired) electrons. The van der Waals surface area contributed by atoms with Crippen LogP contribution >= 0.6 is 0 Å². The number of carbonyl (C=O) groups excluding carboxylic acids is 1. The Bertz CT molecular complexity index is 1050. The number of esters is 1. The maximum absolute atomic E-state index is 13.3. The number of cyclic esters (lactones) is 1. The van der Waals surface area contributed by atoms with Crippen LogP contribution in [0.1, 0.15) is 25.8 Å². The zero-order valence-corrected chi connectivity index (χ0v) is 16.7. The maximum Gasteiger partial charge on any atom is 0.335 e. The monoisotopic (exact) mass is 416 g/mol. The van der Waals surface area contributed by atoms with Gasteiger partial charge in [0.25, 0.3) is 15.7 Å². The van der Waals surface area contributed by atoms with Crippen molar-refractivity contribution in [3.8, 4) is 0 Å². The lowest BCUT2D eigenvalue weighted by atomic mass is 10.0. The predicted octanol–water partition coefficient (Wildman–Crippen LogP) is 3.56. The highest BCUT2D eigenvalue weighted by Crippen LogP contribution is 2.31. The number of rotatable bonds is 6. The molecule has 1 unspecified atom stereocenters. The van der Waals surface area contributed by atoms with Crippen molar-refractivity contribution in [1.82, 2.24) is 4.31 Å². The van der Waals surface area contributed by atoms with Gasteiger partial charge in [-0.3, -0.25) is 14.4 Å². The number of non-ortho nitro benzene ring substituents is 1. The van der Waals surface area contributed by atoms with Crippen molar-refractivity contribution >= 4 is 27.4 Å². The minimum absolute atomic E-state index is 0.0359. The van der Waals surface area contributed by atoms with E-state index in [4.69, 9.17) is 4.74 Å². The third kappa shape index (κ3) is 4.29. The summed E-state index contributed by atoms with van der Waals surface area (Å²) in [5.74, 6) is -0.500. The molecule has 0 saturated heterocycles. The summed E-state index contributed by atoms with van der Waals surface area (Å²) in [6.07, 6.45) is 1.57. The van der Waals surface area contributed by atoms with E-state index in [0.717, 1.165) is 28.6 Å². The molecule has 152 valence electrons. The number of carbonyl (C=O) groups is 1. The first-order chi connectivity index (χ1) is 13.7. The van der Waals surface area contributed by atoms with E-state index in [2.05, 4.69) is 0 Å². The summed E-state index contributed by atoms with van der Waals surface area (Å²) in [7, 11) is -4.14. The van der Waals surface area contributed by atoms with Crippen molar-refractivity contribution in [2.24, 2.45) is 5.92 Å². The van der Waals surface area contributed by atoms with Crippen LogP contribution in [0.5, 0.6) is 0 Å². The van der Waals surface area contributed by atoms with Crippen LogP contribution in [0.25, 0.3) is 5.76 Å². The molecule has 1 atom stereocenters. The van der Waals surface area contributed by atoms with E-state index >= 15 is 0 Å². The molecule has 1 aliphatic rings. The molecular weight excluding hydrogens is 396 g/mol. The summed E-state index contributed by atoms with van der Waals surface area (Å²) in [6, 6.07) is 12.2. The van der Waals surface area contributed by atoms with Gasteiger partial charge in [0.2, 0.25) is 0 Å². The predicted molar refractivity (Wildman–Crippen MR) is 106 cm³/mol. The van der Waals surface area contributed by atoms with Gasteiger partial charge >= 0.3 is 5.97 Å². The molecule has 1 heterocycles. The highest BCUT2D eigenvalue weighted by atomic mass is 32.2. The summed E-state index contributed by atoms with van der Waals surface area (Å²) < 4.78 is 33.0. The zero-order chi connectivity index (χ0) is 21.2. The Morgan fingerprint density at radius 1 is 1.10 bits per heavy atom. The molecule has 1 aliphatic heterocycles. The molecule has 0 fully saturated rings. The summed E-state index contributed by atoms with van der Waals surface area (Å²) in [5, 5.41) is 10.9. The van der Waals surface area contributed by atoms with E-state index in [1.807, 2.05) is 13.8 Å². The first kappa shape index (κ1) is 20.5. The molecule has 2 aromatic rings. The van der Waals surface area contributed by atoms with Crippen molar-refractivity contribution in [3.05, 3.63) is 76.5 Å². The Kier molecular flexibility index (Phi) is 5.69. The molecule has 0 aliphatic carbocycles. The van der Waals surface area contributed by atoms with Gasteiger partial charge < -0.3 is 4.74 Å². The second-order valence-electron chi connectivity index (χ2n) is 7.01. The van der Waals surface area contributed by atoms with Gasteiger partial charge in [0.1, 0.15) is 6.04 Å². The lowest BCUT2D eigenvalue weighted by molar-refractivity contribution is -0.384. The number of nitro benzene ring substituents is 1. The molecule has 29 heavy (non-hydrogen) atoms. The third-order valence-corrected chi connectivity index (χ3v) is 6.19. The summed E-state index contributed by atoms with van der Waals surface area (Å²) in [5.41, 5.74) is 0.342. The molecule has 0 amide bonds. The molecule has 2 aromatic carbocycles. The van der Waals surface area contributed by atoms with Crippen LogP contribution in [-0.2, 0) is 19.6 Å². The fraction of sp³-hybridized carbons (Fsp3) is 0.250. The average Bonchev–Trinajstić information content (AvgIpc) is 2.69. The van der Waals surface area contributed by atoms with E-state index < -0.39 is 27.0 Å². The molecule has 0 N–H and O–H groups in total. The Morgan fingerprint density at radius 2 is 1.72 bits per heavy atom. The van der Waals surface area contributed by atoms with E-state index in [1.54, 1.807) is 30.3 Å². The Morgan fingerprint density at radius 3 is 2.28 bits per heavy atom. The maximum atomic E-state index is 13.3. The van der Waals surface area contributed by atoms with Crippen molar-refractivity contribution in [3.63, 3.8) is 0 Å². The van der Waals surface area contributed by atoms with Gasteiger partial charge in [-0.2, -0.15) is 0 Å². The fourth-order valence-electron chi connectivity index (χ4n) is 2.99. The highest BCUT2D eigenvalue weighted by molar-refractivity contribution is 7.89. The van der Waals surface area contributed by atoms with Gasteiger partial charge in [-0.05, 0) is 24.5 Å². The quantitative estimate of drug-likeness (QED) is 0.405. The van der Waals surface area contributed by atoms with Crippen molar-refractivity contribution in [2.75, 3.05) is 0 Å². The van der Waals surface area contributed by atoms with Crippen molar-refractivity contribution < 1.29 is 22.9 Å². The minimum Gasteiger partial charge on any atom is -0.423 e. The van der Waals surface area contributed by atoms with Gasteiger partial charge in [0.05, 0.1) is 16.0 Å². The van der Waals surface area contributed by atoms with Crippen molar-refractivity contribution in [1.29, 1.82) is 0 Å². The second kappa shape index (κ2) is 8.04. The van der Waals surface area contributed by atoms with Crippen LogP contribution in [0, 0.1) is 16.0 Å². The highest BCUT2D eigenvalue weighted by Gasteiger charge is 2.39. The average molecular weight is 416 g/mol. The van der Waals surface area contributed by atoms with Crippen LogP contribution in [0.3, 0.4) is 0 Å². The number of benzene rings is 2. The standard InChI is InChI=1S/C20H20N2O6S/c1-14(2)12-18-20(23)28-19(15-6-4-3-5-7-15)13-21(18)29(26,27)17-10-8-16(9-11-17)22(24)25/h3-11,13-14,18H,12H2,1-2H3. The summed E-state index contributed by atoms with van der Waals surface area (Å²) in [6.45, 7) is 3.75. The Balaban J connectivity index is 2.08. The van der Waals surface area contributed by atoms with Crippen LogP contribution < -0.4 is 0 Å². The molecule has 0 bridgehead atoms. The number of hydrogen-bond acceptors (Lipinski definition) is 6. The number of sulfonamides is 1. The van der Waals surface area contributed by atoms with Gasteiger partial charge in [-0.25, -0.2) is 13.2 Å². The SMILES string of the molecule is CC(C)CC1C(=O)OC(c2ccccc2)=CN1S(=O)(=O)c1ccc([N+](=O)[O-])cc1.